The highest BCUT2D eigenvalue weighted by atomic mass is 32.2. The number of anilines is 1. The van der Waals surface area contributed by atoms with Gasteiger partial charge in [0.2, 0.25) is 10.0 Å². The average molecular weight is 355 g/mol. The van der Waals surface area contributed by atoms with Crippen molar-refractivity contribution in [3.8, 4) is 6.07 Å². The van der Waals surface area contributed by atoms with Crippen molar-refractivity contribution in [3.05, 3.63) is 59.2 Å². The molecule has 0 radical (unpaired) electrons. The number of piperazine rings is 1. The predicted octanol–water partition coefficient (Wildman–Crippen LogP) is 2.69. The van der Waals surface area contributed by atoms with E-state index in [9.17, 15) is 8.42 Å². The smallest absolute Gasteiger partial charge is 0.243 e. The van der Waals surface area contributed by atoms with Gasteiger partial charge in [0.1, 0.15) is 0 Å². The zero-order valence-corrected chi connectivity index (χ0v) is 15.3. The predicted molar refractivity (Wildman–Crippen MR) is 98.0 cm³/mol. The molecule has 25 heavy (non-hydrogen) atoms. The summed E-state index contributed by atoms with van der Waals surface area (Å²) >= 11 is 0. The van der Waals surface area contributed by atoms with Gasteiger partial charge < -0.3 is 4.90 Å². The van der Waals surface area contributed by atoms with E-state index in [1.54, 1.807) is 16.4 Å². The van der Waals surface area contributed by atoms with Gasteiger partial charge in [0.15, 0.2) is 0 Å². The van der Waals surface area contributed by atoms with Crippen LogP contribution in [-0.2, 0) is 10.0 Å². The molecule has 0 spiro atoms. The molecule has 5 nitrogen and oxygen atoms in total. The van der Waals surface area contributed by atoms with Crippen molar-refractivity contribution in [1.29, 1.82) is 5.26 Å². The van der Waals surface area contributed by atoms with Crippen LogP contribution in [-0.4, -0.2) is 38.9 Å². The Balaban J connectivity index is 1.76. The number of rotatable bonds is 3. The van der Waals surface area contributed by atoms with Gasteiger partial charge in [0.05, 0.1) is 16.5 Å². The second kappa shape index (κ2) is 6.87. The molecular weight excluding hydrogens is 334 g/mol. The number of aryl methyl sites for hydroxylation is 2. The fourth-order valence-electron chi connectivity index (χ4n) is 3.19. The summed E-state index contributed by atoms with van der Waals surface area (Å²) in [5, 5.41) is 9.02. The van der Waals surface area contributed by atoms with Crippen LogP contribution in [0, 0.1) is 25.2 Å². The lowest BCUT2D eigenvalue weighted by molar-refractivity contribution is 0.384. The van der Waals surface area contributed by atoms with E-state index in [1.165, 1.54) is 0 Å². The Bertz CT molecular complexity index is 924. The Labute approximate surface area is 149 Å². The zero-order chi connectivity index (χ0) is 18.0. The van der Waals surface area contributed by atoms with Gasteiger partial charge in [-0.1, -0.05) is 23.8 Å². The van der Waals surface area contributed by atoms with E-state index in [2.05, 4.69) is 11.0 Å². The first-order valence-corrected chi connectivity index (χ1v) is 9.68. The molecule has 130 valence electrons. The summed E-state index contributed by atoms with van der Waals surface area (Å²) < 4.78 is 27.4. The van der Waals surface area contributed by atoms with Gasteiger partial charge in [-0.3, -0.25) is 0 Å². The fraction of sp³-hybridized carbons (Fsp3) is 0.316. The molecule has 1 aliphatic rings. The maximum absolute atomic E-state index is 12.9. The molecule has 0 saturated carbocycles. The van der Waals surface area contributed by atoms with Crippen molar-refractivity contribution < 1.29 is 8.42 Å². The molecule has 0 bridgehead atoms. The quantitative estimate of drug-likeness (QED) is 0.849. The number of benzene rings is 2. The van der Waals surface area contributed by atoms with Crippen molar-refractivity contribution in [3.63, 3.8) is 0 Å². The number of hydrogen-bond donors (Lipinski definition) is 0. The van der Waals surface area contributed by atoms with Gasteiger partial charge >= 0.3 is 0 Å². The minimum Gasteiger partial charge on any atom is -0.369 e. The van der Waals surface area contributed by atoms with E-state index in [0.717, 1.165) is 16.8 Å². The molecule has 6 heteroatoms. The monoisotopic (exact) mass is 355 g/mol. The second-order valence-electron chi connectivity index (χ2n) is 6.32. The first kappa shape index (κ1) is 17.5. The molecule has 1 aliphatic heterocycles. The van der Waals surface area contributed by atoms with E-state index in [0.29, 0.717) is 36.6 Å². The van der Waals surface area contributed by atoms with Crippen LogP contribution in [0.2, 0.25) is 0 Å². The first-order valence-electron chi connectivity index (χ1n) is 8.24. The number of hydrogen-bond acceptors (Lipinski definition) is 4. The van der Waals surface area contributed by atoms with Gasteiger partial charge in [-0.25, -0.2) is 8.42 Å². The van der Waals surface area contributed by atoms with Crippen LogP contribution < -0.4 is 4.90 Å². The average Bonchev–Trinajstić information content (AvgIpc) is 2.61. The third-order valence-electron chi connectivity index (χ3n) is 4.53. The third kappa shape index (κ3) is 3.53. The van der Waals surface area contributed by atoms with Crippen LogP contribution in [0.3, 0.4) is 0 Å². The minimum atomic E-state index is -3.47. The normalized spacial score (nSPS) is 15.8. The van der Waals surface area contributed by atoms with Crippen molar-refractivity contribution in [1.82, 2.24) is 4.31 Å². The molecule has 0 aliphatic carbocycles. The molecule has 1 saturated heterocycles. The van der Waals surface area contributed by atoms with Crippen molar-refractivity contribution >= 4 is 15.7 Å². The Hall–Kier alpha value is -2.36. The molecule has 0 amide bonds. The summed E-state index contributed by atoms with van der Waals surface area (Å²) in [5.74, 6) is 0. The molecule has 0 unspecified atom stereocenters. The van der Waals surface area contributed by atoms with Crippen LogP contribution >= 0.6 is 0 Å². The van der Waals surface area contributed by atoms with Crippen LogP contribution in [0.1, 0.15) is 16.7 Å². The second-order valence-corrected chi connectivity index (χ2v) is 8.23. The molecule has 1 fully saturated rings. The summed E-state index contributed by atoms with van der Waals surface area (Å²) in [6.07, 6.45) is 0. The standard InChI is InChI=1S/C19H21N3O2S/c1-15-6-7-19(16(2)12-15)25(23,24)22-10-8-21(9-11-22)18-5-3-4-17(13-18)14-20/h3-7,12-13H,8-11H2,1-2H3. The van der Waals surface area contributed by atoms with Gasteiger partial charge in [-0.15, -0.1) is 0 Å². The molecule has 1 heterocycles. The highest BCUT2D eigenvalue weighted by molar-refractivity contribution is 7.89. The highest BCUT2D eigenvalue weighted by Gasteiger charge is 2.29. The molecule has 0 atom stereocenters. The maximum atomic E-state index is 12.9. The summed E-state index contributed by atoms with van der Waals surface area (Å²) in [6, 6.07) is 15.0. The molecule has 2 aromatic rings. The van der Waals surface area contributed by atoms with Crippen molar-refractivity contribution in [2.24, 2.45) is 0 Å². The Morgan fingerprint density at radius 2 is 1.72 bits per heavy atom. The zero-order valence-electron chi connectivity index (χ0n) is 14.4. The van der Waals surface area contributed by atoms with Gasteiger partial charge in [0, 0.05) is 31.9 Å². The van der Waals surface area contributed by atoms with Crippen LogP contribution in [0.4, 0.5) is 5.69 Å². The molecular formula is C19H21N3O2S. The maximum Gasteiger partial charge on any atom is 0.243 e. The molecule has 3 rings (SSSR count). The fourth-order valence-corrected chi connectivity index (χ4v) is 4.81. The van der Waals surface area contributed by atoms with Crippen LogP contribution in [0.5, 0.6) is 0 Å². The lowest BCUT2D eigenvalue weighted by atomic mass is 10.2. The van der Waals surface area contributed by atoms with Gasteiger partial charge in [0.25, 0.3) is 0 Å². The van der Waals surface area contributed by atoms with Crippen molar-refractivity contribution in [2.45, 2.75) is 18.7 Å². The van der Waals surface area contributed by atoms with Gasteiger partial charge in [-0.2, -0.15) is 9.57 Å². The SMILES string of the molecule is Cc1ccc(S(=O)(=O)N2CCN(c3cccc(C#N)c3)CC2)c(C)c1. The van der Waals surface area contributed by atoms with Gasteiger partial charge in [-0.05, 0) is 43.7 Å². The van der Waals surface area contributed by atoms with E-state index < -0.39 is 10.0 Å². The van der Waals surface area contributed by atoms with Crippen LogP contribution in [0.15, 0.2) is 47.4 Å². The summed E-state index contributed by atoms with van der Waals surface area (Å²) in [4.78, 5) is 2.51. The first-order chi connectivity index (χ1) is 11.9. The summed E-state index contributed by atoms with van der Waals surface area (Å²) in [5.41, 5.74) is 3.41. The summed E-state index contributed by atoms with van der Waals surface area (Å²) in [6.45, 7) is 5.89. The third-order valence-corrected chi connectivity index (χ3v) is 6.59. The Morgan fingerprint density at radius 3 is 2.36 bits per heavy atom. The van der Waals surface area contributed by atoms with Crippen molar-refractivity contribution in [2.75, 3.05) is 31.1 Å². The van der Waals surface area contributed by atoms with E-state index >= 15 is 0 Å². The molecule has 2 aromatic carbocycles. The summed E-state index contributed by atoms with van der Waals surface area (Å²) in [7, 11) is -3.47. The topological polar surface area (TPSA) is 64.4 Å². The number of sulfonamides is 1. The number of nitriles is 1. The molecule has 0 N–H and O–H groups in total. The largest absolute Gasteiger partial charge is 0.369 e. The van der Waals surface area contributed by atoms with E-state index in [-0.39, 0.29) is 0 Å². The Morgan fingerprint density at radius 1 is 1.00 bits per heavy atom. The van der Waals surface area contributed by atoms with E-state index in [4.69, 9.17) is 5.26 Å². The Kier molecular flexibility index (Phi) is 4.80. The van der Waals surface area contributed by atoms with E-state index in [1.807, 2.05) is 44.2 Å². The number of nitrogens with zero attached hydrogens (tertiary/aromatic N) is 3. The minimum absolute atomic E-state index is 0.387. The lowest BCUT2D eigenvalue weighted by Gasteiger charge is -2.35. The lowest BCUT2D eigenvalue weighted by Crippen LogP contribution is -2.48. The van der Waals surface area contributed by atoms with Crippen LogP contribution in [0.25, 0.3) is 0 Å². The highest BCUT2D eigenvalue weighted by Crippen LogP contribution is 2.24. The molecule has 0 aromatic heterocycles.